The van der Waals surface area contributed by atoms with E-state index in [1.807, 2.05) is 34.3 Å². The number of nitrogens with one attached hydrogen (secondary N) is 4. The van der Waals surface area contributed by atoms with E-state index in [2.05, 4.69) is 28.4 Å². The predicted octanol–water partition coefficient (Wildman–Crippen LogP) is 4.17. The van der Waals surface area contributed by atoms with Crippen LogP contribution in [0, 0.1) is 0 Å². The first-order valence-corrected chi connectivity index (χ1v) is 17.5. The van der Waals surface area contributed by atoms with Gasteiger partial charge in [0.1, 0.15) is 11.6 Å². The van der Waals surface area contributed by atoms with Crippen LogP contribution in [0.25, 0.3) is 10.9 Å². The zero-order valence-corrected chi connectivity index (χ0v) is 25.9. The van der Waals surface area contributed by atoms with Gasteiger partial charge in [-0.25, -0.2) is 27.6 Å². The highest BCUT2D eigenvalue weighted by Crippen LogP contribution is 2.52. The highest BCUT2D eigenvalue weighted by Gasteiger charge is 2.60. The van der Waals surface area contributed by atoms with Gasteiger partial charge >= 0.3 is 0 Å². The van der Waals surface area contributed by atoms with Gasteiger partial charge in [0.15, 0.2) is 0 Å². The summed E-state index contributed by atoms with van der Waals surface area (Å²) in [5.41, 5.74) is 8.14. The quantitative estimate of drug-likeness (QED) is 0.329. The Kier molecular flexibility index (Phi) is 7.56. The lowest BCUT2D eigenvalue weighted by atomic mass is 9.99. The molecule has 0 amide bonds. The number of sulfonamides is 1. The Hall–Kier alpha value is -2.19. The number of rotatable bonds is 9. The predicted molar refractivity (Wildman–Crippen MR) is 163 cm³/mol. The lowest BCUT2D eigenvalue weighted by molar-refractivity contribution is -0.0568. The maximum absolute atomic E-state index is 13.7. The molecule has 2 bridgehead atoms. The van der Waals surface area contributed by atoms with Crippen LogP contribution in [0.2, 0.25) is 0 Å². The molecule has 5 atom stereocenters. The first-order valence-electron chi connectivity index (χ1n) is 16.0. The van der Waals surface area contributed by atoms with E-state index in [4.69, 9.17) is 9.97 Å². The van der Waals surface area contributed by atoms with Gasteiger partial charge in [-0.05, 0) is 70.4 Å². The summed E-state index contributed by atoms with van der Waals surface area (Å²) in [7, 11) is -3.30. The normalized spacial score (nSPS) is 32.2. The molecule has 0 aromatic carbocycles. The molecule has 4 N–H and O–H groups in total. The first kappa shape index (κ1) is 29.5. The molecule has 6 heterocycles. The second-order valence-electron chi connectivity index (χ2n) is 13.5. The van der Waals surface area contributed by atoms with Crippen molar-refractivity contribution in [1.29, 1.82) is 0 Å². The molecule has 1 aliphatic carbocycles. The average Bonchev–Trinajstić information content (AvgIpc) is 3.60. The van der Waals surface area contributed by atoms with Crippen molar-refractivity contribution in [3.05, 3.63) is 23.9 Å². The standard InChI is InChI=1S/C30H44F2N8O2S/c1-3-29(8-9-29)43(41,42)40-22-5-6-23(40)16-21(15-22)34-28-24-7-4-20(18-39-12-10-30(31,32)11-13-39)33-25(24)17-26(36-28)35-27-14-19(2)37-38-27/h4,7,17,19,21-23,27,37-38H,3,5-6,8-16,18H2,1-2H3,(H2,34,35,36)/t19?,21?,22-,23+,27?. The minimum Gasteiger partial charge on any atom is -0.367 e. The van der Waals surface area contributed by atoms with Crippen molar-refractivity contribution in [3.63, 3.8) is 0 Å². The molecule has 2 aromatic rings. The Labute approximate surface area is 252 Å². The number of piperidine rings is 2. The van der Waals surface area contributed by atoms with Crippen LogP contribution in [0.1, 0.15) is 83.7 Å². The summed E-state index contributed by atoms with van der Waals surface area (Å²) < 4.78 is 56.1. The van der Waals surface area contributed by atoms with Gasteiger partial charge in [-0.3, -0.25) is 15.3 Å². The van der Waals surface area contributed by atoms with Crippen LogP contribution in [0.4, 0.5) is 20.4 Å². The van der Waals surface area contributed by atoms with E-state index >= 15 is 0 Å². The van der Waals surface area contributed by atoms with Gasteiger partial charge in [0.05, 0.1) is 22.1 Å². The molecule has 236 valence electrons. The van der Waals surface area contributed by atoms with E-state index in [9.17, 15) is 17.2 Å². The second kappa shape index (κ2) is 11.0. The summed E-state index contributed by atoms with van der Waals surface area (Å²) in [6.45, 7) is 5.36. The number of pyridine rings is 2. The fourth-order valence-corrected chi connectivity index (χ4v) is 10.3. The van der Waals surface area contributed by atoms with E-state index < -0.39 is 20.7 Å². The number of anilines is 2. The van der Waals surface area contributed by atoms with Gasteiger partial charge in [-0.15, -0.1) is 0 Å². The van der Waals surface area contributed by atoms with Gasteiger partial charge in [0.2, 0.25) is 10.0 Å². The van der Waals surface area contributed by atoms with Crippen LogP contribution < -0.4 is 21.5 Å². The Balaban J connectivity index is 1.12. The number of aromatic nitrogens is 2. The average molecular weight is 619 g/mol. The summed E-state index contributed by atoms with van der Waals surface area (Å²) in [6.07, 6.45) is 6.25. The third kappa shape index (κ3) is 5.71. The van der Waals surface area contributed by atoms with Crippen LogP contribution in [0.3, 0.4) is 0 Å². The van der Waals surface area contributed by atoms with Crippen LogP contribution in [-0.4, -0.2) is 81.7 Å². The number of hydrogen-bond acceptors (Lipinski definition) is 9. The molecular formula is C30H44F2N8O2S. The maximum Gasteiger partial charge on any atom is 0.250 e. The Morgan fingerprint density at radius 3 is 2.35 bits per heavy atom. The Bertz CT molecular complexity index is 1450. The molecule has 7 rings (SSSR count). The number of likely N-dealkylation sites (tertiary alicyclic amines) is 1. The highest BCUT2D eigenvalue weighted by molar-refractivity contribution is 7.90. The minimum atomic E-state index is -3.30. The number of halogens is 2. The van der Waals surface area contributed by atoms with Crippen LogP contribution >= 0.6 is 0 Å². The second-order valence-corrected chi connectivity index (χ2v) is 15.8. The van der Waals surface area contributed by atoms with E-state index in [0.29, 0.717) is 37.9 Å². The van der Waals surface area contributed by atoms with Crippen LogP contribution in [-0.2, 0) is 16.6 Å². The summed E-state index contributed by atoms with van der Waals surface area (Å²) in [5, 5.41) is 8.10. The number of alkyl halides is 2. The van der Waals surface area contributed by atoms with Gasteiger partial charge in [0, 0.05) is 68.1 Å². The van der Waals surface area contributed by atoms with Crippen molar-refractivity contribution in [1.82, 2.24) is 30.0 Å². The maximum atomic E-state index is 13.7. The Morgan fingerprint density at radius 1 is 1.00 bits per heavy atom. The SMILES string of the molecule is CCC1(S(=O)(=O)N2[C@@H]3CC[C@H]2CC(Nc2nc(NC4CC(C)NN4)cc4nc(CN5CCC(F)(F)CC5)ccc24)C3)CC1. The fourth-order valence-electron chi connectivity index (χ4n) is 7.69. The molecular weight excluding hydrogens is 574 g/mol. The molecule has 5 aliphatic rings. The molecule has 1 saturated carbocycles. The van der Waals surface area contributed by atoms with Crippen molar-refractivity contribution < 1.29 is 17.2 Å². The number of fused-ring (bicyclic) bond motifs is 3. The molecule has 3 unspecified atom stereocenters. The van der Waals surface area contributed by atoms with Crippen molar-refractivity contribution in [2.24, 2.45) is 0 Å². The van der Waals surface area contributed by atoms with E-state index in [-0.39, 0.29) is 37.1 Å². The zero-order chi connectivity index (χ0) is 30.0. The minimum absolute atomic E-state index is 0.0172. The monoisotopic (exact) mass is 618 g/mol. The van der Waals surface area contributed by atoms with Crippen molar-refractivity contribution >= 4 is 32.6 Å². The zero-order valence-electron chi connectivity index (χ0n) is 25.1. The van der Waals surface area contributed by atoms with Gasteiger partial charge in [-0.2, -0.15) is 4.31 Å². The molecule has 13 heteroatoms. The van der Waals surface area contributed by atoms with E-state index in [1.54, 1.807) is 0 Å². The third-order valence-electron chi connectivity index (χ3n) is 10.4. The largest absolute Gasteiger partial charge is 0.367 e. The molecule has 0 radical (unpaired) electrons. The van der Waals surface area contributed by atoms with Crippen LogP contribution in [0.5, 0.6) is 0 Å². The summed E-state index contributed by atoms with van der Waals surface area (Å²) in [6, 6.07) is 6.43. The molecule has 4 aliphatic heterocycles. The topological polar surface area (TPSA) is 115 Å². The first-order chi connectivity index (χ1) is 20.5. The number of hydrogen-bond donors (Lipinski definition) is 4. The molecule has 10 nitrogen and oxygen atoms in total. The van der Waals surface area contributed by atoms with Crippen molar-refractivity contribution in [2.75, 3.05) is 23.7 Å². The van der Waals surface area contributed by atoms with Gasteiger partial charge in [0.25, 0.3) is 5.92 Å². The molecule has 43 heavy (non-hydrogen) atoms. The molecule has 0 spiro atoms. The number of hydrazine groups is 1. The molecule has 5 fully saturated rings. The molecule has 4 saturated heterocycles. The lowest BCUT2D eigenvalue weighted by Crippen LogP contribution is -2.53. The summed E-state index contributed by atoms with van der Waals surface area (Å²) in [5.74, 6) is -1.13. The number of nitrogens with zero attached hydrogens (tertiary/aromatic N) is 4. The van der Waals surface area contributed by atoms with Crippen LogP contribution in [0.15, 0.2) is 18.2 Å². The van der Waals surface area contributed by atoms with Crippen molar-refractivity contribution in [3.8, 4) is 0 Å². The van der Waals surface area contributed by atoms with Gasteiger partial charge in [-0.1, -0.05) is 6.92 Å². The fraction of sp³-hybridized carbons (Fsp3) is 0.733. The van der Waals surface area contributed by atoms with Gasteiger partial charge < -0.3 is 10.6 Å². The summed E-state index contributed by atoms with van der Waals surface area (Å²) in [4.78, 5) is 12.0. The van der Waals surface area contributed by atoms with E-state index in [1.165, 1.54) is 0 Å². The van der Waals surface area contributed by atoms with E-state index in [0.717, 1.165) is 67.4 Å². The Morgan fingerprint density at radius 2 is 1.72 bits per heavy atom. The highest BCUT2D eigenvalue weighted by atomic mass is 32.2. The summed E-state index contributed by atoms with van der Waals surface area (Å²) >= 11 is 0. The third-order valence-corrected chi connectivity index (χ3v) is 13.4. The molecule has 2 aromatic heterocycles. The smallest absolute Gasteiger partial charge is 0.250 e. The van der Waals surface area contributed by atoms with Crippen molar-refractivity contribution in [2.45, 2.75) is 126 Å². The lowest BCUT2D eigenvalue weighted by Gasteiger charge is -2.40.